The Bertz CT molecular complexity index is 1090. The highest BCUT2D eigenvalue weighted by molar-refractivity contribution is 7.98. The lowest BCUT2D eigenvalue weighted by Gasteiger charge is -2.07. The van der Waals surface area contributed by atoms with E-state index in [0.29, 0.717) is 12.2 Å². The Labute approximate surface area is 172 Å². The number of hydrogen-bond acceptors (Lipinski definition) is 8. The lowest BCUT2D eigenvalue weighted by atomic mass is 10.1. The summed E-state index contributed by atoms with van der Waals surface area (Å²) in [5.41, 5.74) is 3.20. The van der Waals surface area contributed by atoms with Crippen LogP contribution in [-0.2, 0) is 22.6 Å². The first kappa shape index (κ1) is 19.4. The molecule has 1 atom stereocenters. The minimum absolute atomic E-state index is 0.0546. The molecule has 2 aromatic heterocycles. The van der Waals surface area contributed by atoms with Gasteiger partial charge in [-0.15, -0.1) is 21.5 Å². The van der Waals surface area contributed by atoms with Crippen LogP contribution in [0.3, 0.4) is 0 Å². The summed E-state index contributed by atoms with van der Waals surface area (Å²) in [5, 5.41) is 15.5. The van der Waals surface area contributed by atoms with Gasteiger partial charge < -0.3 is 9.88 Å². The van der Waals surface area contributed by atoms with Gasteiger partial charge in [0.25, 0.3) is 0 Å². The molecule has 1 unspecified atom stereocenters. The zero-order valence-corrected chi connectivity index (χ0v) is 18.1. The highest BCUT2D eigenvalue weighted by Gasteiger charge is 2.32. The van der Waals surface area contributed by atoms with E-state index in [1.54, 1.807) is 23.1 Å². The molecule has 7 nitrogen and oxygen atoms in total. The van der Waals surface area contributed by atoms with Gasteiger partial charge in [-0.3, -0.25) is 0 Å². The first-order valence-corrected chi connectivity index (χ1v) is 12.6. The smallest absolute Gasteiger partial charge is 0.191 e. The fourth-order valence-corrected chi connectivity index (χ4v) is 6.58. The quantitative estimate of drug-likeness (QED) is 0.593. The zero-order chi connectivity index (χ0) is 19.7. The van der Waals surface area contributed by atoms with Crippen molar-refractivity contribution in [2.24, 2.45) is 7.05 Å². The number of thioether (sulfide) groups is 1. The normalized spacial score (nSPS) is 18.4. The van der Waals surface area contributed by atoms with E-state index in [4.69, 9.17) is 0 Å². The van der Waals surface area contributed by atoms with E-state index in [1.807, 2.05) is 35.2 Å². The molecule has 0 amide bonds. The van der Waals surface area contributed by atoms with Gasteiger partial charge in [0.1, 0.15) is 5.82 Å². The molecule has 0 spiro atoms. The number of anilines is 2. The van der Waals surface area contributed by atoms with Gasteiger partial charge >= 0.3 is 0 Å². The lowest BCUT2D eigenvalue weighted by Crippen LogP contribution is -2.09. The van der Waals surface area contributed by atoms with Crippen molar-refractivity contribution in [2.75, 3.05) is 16.8 Å². The van der Waals surface area contributed by atoms with Gasteiger partial charge in [0.15, 0.2) is 20.1 Å². The molecule has 10 heteroatoms. The maximum absolute atomic E-state index is 11.7. The third kappa shape index (κ3) is 4.23. The highest BCUT2D eigenvalue weighted by atomic mass is 32.2. The fraction of sp³-hybridized carbons (Fsp3) is 0.389. The minimum atomic E-state index is -2.94. The molecule has 1 saturated heterocycles. The number of aromatic nitrogens is 4. The molecule has 1 aliphatic rings. The molecule has 3 aromatic rings. The molecule has 0 bridgehead atoms. The van der Waals surface area contributed by atoms with E-state index in [2.05, 4.69) is 33.5 Å². The molecule has 1 aliphatic heterocycles. The summed E-state index contributed by atoms with van der Waals surface area (Å²) in [4.78, 5) is 4.64. The maximum Gasteiger partial charge on any atom is 0.191 e. The summed E-state index contributed by atoms with van der Waals surface area (Å²) in [6.07, 6.45) is 0.624. The van der Waals surface area contributed by atoms with E-state index in [-0.39, 0.29) is 17.4 Å². The van der Waals surface area contributed by atoms with Gasteiger partial charge in [-0.05, 0) is 25.0 Å². The third-order valence-electron chi connectivity index (χ3n) is 4.75. The number of para-hydroxylation sites is 1. The summed E-state index contributed by atoms with van der Waals surface area (Å²) in [6.45, 7) is 2.06. The Hall–Kier alpha value is -1.91. The maximum atomic E-state index is 11.7. The van der Waals surface area contributed by atoms with Crippen LogP contribution in [0.15, 0.2) is 34.8 Å². The van der Waals surface area contributed by atoms with Crippen LogP contribution < -0.4 is 5.32 Å². The Morgan fingerprint density at radius 3 is 2.89 bits per heavy atom. The molecular weight excluding hydrogens is 414 g/mol. The Morgan fingerprint density at radius 1 is 1.32 bits per heavy atom. The number of hydrogen-bond donors (Lipinski definition) is 1. The fourth-order valence-electron chi connectivity index (χ4n) is 3.20. The molecule has 0 radical (unpaired) electrons. The monoisotopic (exact) mass is 435 g/mol. The van der Waals surface area contributed by atoms with E-state index in [0.717, 1.165) is 27.5 Å². The summed E-state index contributed by atoms with van der Waals surface area (Å²) in [7, 11) is -1.04. The number of sulfone groups is 1. The first-order valence-electron chi connectivity index (χ1n) is 8.91. The van der Waals surface area contributed by atoms with Crippen molar-refractivity contribution in [3.8, 4) is 0 Å². The topological polar surface area (TPSA) is 89.8 Å². The summed E-state index contributed by atoms with van der Waals surface area (Å²) in [6, 6.07) is 8.12. The number of thiazole rings is 1. The van der Waals surface area contributed by atoms with Crippen LogP contribution in [0.2, 0.25) is 0 Å². The van der Waals surface area contributed by atoms with Crippen molar-refractivity contribution in [1.82, 2.24) is 19.7 Å². The third-order valence-corrected chi connectivity index (χ3v) is 8.38. The van der Waals surface area contributed by atoms with Crippen molar-refractivity contribution in [3.63, 3.8) is 0 Å². The molecule has 0 saturated carbocycles. The standard InChI is InChI=1S/C18H21N5O2S3/c1-12-5-3-4-6-15(12)20-17-19-14(9-26-17)10-27-18-22-21-16(23(18)2)13-7-8-28(24,25)11-13/h3-6,9,13H,7-8,10-11H2,1-2H3,(H,19,20). The number of nitrogens with zero attached hydrogens (tertiary/aromatic N) is 4. The van der Waals surface area contributed by atoms with Crippen LogP contribution >= 0.6 is 23.1 Å². The molecule has 1 aromatic carbocycles. The van der Waals surface area contributed by atoms with E-state index >= 15 is 0 Å². The summed E-state index contributed by atoms with van der Waals surface area (Å²) >= 11 is 3.13. The Morgan fingerprint density at radius 2 is 2.14 bits per heavy atom. The minimum Gasteiger partial charge on any atom is -0.331 e. The molecule has 3 heterocycles. The molecule has 1 fully saturated rings. The molecule has 28 heavy (non-hydrogen) atoms. The van der Waals surface area contributed by atoms with Gasteiger partial charge in [0.2, 0.25) is 0 Å². The van der Waals surface area contributed by atoms with Gasteiger partial charge in [-0.25, -0.2) is 13.4 Å². The van der Waals surface area contributed by atoms with Crippen LogP contribution in [0.4, 0.5) is 10.8 Å². The van der Waals surface area contributed by atoms with Gasteiger partial charge in [-0.1, -0.05) is 30.0 Å². The molecule has 0 aliphatic carbocycles. The summed E-state index contributed by atoms with van der Waals surface area (Å²) in [5.74, 6) is 1.79. The van der Waals surface area contributed by atoms with Crippen LogP contribution in [0.25, 0.3) is 0 Å². The van der Waals surface area contributed by atoms with Crippen molar-refractivity contribution >= 4 is 43.8 Å². The van der Waals surface area contributed by atoms with Crippen molar-refractivity contribution < 1.29 is 8.42 Å². The largest absolute Gasteiger partial charge is 0.331 e. The van der Waals surface area contributed by atoms with Gasteiger partial charge in [0, 0.05) is 29.8 Å². The van der Waals surface area contributed by atoms with E-state index in [9.17, 15) is 8.42 Å². The van der Waals surface area contributed by atoms with Crippen LogP contribution in [0.5, 0.6) is 0 Å². The van der Waals surface area contributed by atoms with Crippen LogP contribution in [0, 0.1) is 6.92 Å². The van der Waals surface area contributed by atoms with Gasteiger partial charge in [-0.2, -0.15) is 0 Å². The van der Waals surface area contributed by atoms with E-state index in [1.165, 1.54) is 5.56 Å². The predicted octanol–water partition coefficient (Wildman–Crippen LogP) is 3.52. The summed E-state index contributed by atoms with van der Waals surface area (Å²) < 4.78 is 25.4. The van der Waals surface area contributed by atoms with Crippen molar-refractivity contribution in [1.29, 1.82) is 0 Å². The molecule has 1 N–H and O–H groups in total. The van der Waals surface area contributed by atoms with Crippen molar-refractivity contribution in [2.45, 2.75) is 30.2 Å². The van der Waals surface area contributed by atoms with Crippen LogP contribution in [0.1, 0.15) is 29.4 Å². The number of nitrogens with one attached hydrogen (secondary N) is 1. The lowest BCUT2D eigenvalue weighted by molar-refractivity contribution is 0.599. The highest BCUT2D eigenvalue weighted by Crippen LogP contribution is 2.31. The zero-order valence-electron chi connectivity index (χ0n) is 15.6. The Kier molecular flexibility index (Phi) is 5.44. The number of aryl methyl sites for hydroxylation is 1. The second-order valence-electron chi connectivity index (χ2n) is 6.87. The second kappa shape index (κ2) is 7.84. The molecule has 4 rings (SSSR count). The number of benzene rings is 1. The first-order chi connectivity index (χ1) is 13.4. The molecular formula is C18H21N5O2S3. The average Bonchev–Trinajstić information content (AvgIpc) is 3.34. The Balaban J connectivity index is 1.39. The average molecular weight is 436 g/mol. The SMILES string of the molecule is Cc1ccccc1Nc1nc(CSc2nnc(C3CCS(=O)(=O)C3)n2C)cs1. The van der Waals surface area contributed by atoms with Gasteiger partial charge in [0.05, 0.1) is 17.2 Å². The van der Waals surface area contributed by atoms with Crippen LogP contribution in [-0.4, -0.2) is 39.7 Å². The second-order valence-corrected chi connectivity index (χ2v) is 10.9. The predicted molar refractivity (Wildman–Crippen MR) is 113 cm³/mol. The molecule has 148 valence electrons. The van der Waals surface area contributed by atoms with Crippen molar-refractivity contribution in [3.05, 3.63) is 46.7 Å². The van der Waals surface area contributed by atoms with E-state index < -0.39 is 9.84 Å². The number of rotatable bonds is 6.